The van der Waals surface area contributed by atoms with Crippen molar-refractivity contribution in [3.05, 3.63) is 29.8 Å². The first-order chi connectivity index (χ1) is 7.04. The minimum atomic E-state index is 0.172. The molecule has 0 N–H and O–H groups in total. The van der Waals surface area contributed by atoms with Gasteiger partial charge in [0.05, 0.1) is 12.5 Å². The average Bonchev–Trinajstić information content (AvgIpc) is 2.18. The lowest BCUT2D eigenvalue weighted by atomic mass is 9.87. The van der Waals surface area contributed by atoms with Crippen LogP contribution in [0.5, 0.6) is 5.75 Å². The molecule has 0 amide bonds. The highest BCUT2D eigenvalue weighted by atomic mass is 16.5. The summed E-state index contributed by atoms with van der Waals surface area (Å²) >= 11 is 0. The van der Waals surface area contributed by atoms with Crippen LogP contribution in [0, 0.1) is 11.3 Å². The van der Waals surface area contributed by atoms with Crippen LogP contribution >= 0.6 is 0 Å². The van der Waals surface area contributed by atoms with Crippen LogP contribution in [-0.4, -0.2) is 6.61 Å². The Morgan fingerprint density at radius 1 is 1.20 bits per heavy atom. The number of rotatable bonds is 3. The zero-order chi connectivity index (χ0) is 11.3. The van der Waals surface area contributed by atoms with E-state index in [-0.39, 0.29) is 5.41 Å². The maximum Gasteiger partial charge on any atom is 0.119 e. The maximum absolute atomic E-state index is 8.37. The molecule has 0 atom stereocenters. The van der Waals surface area contributed by atoms with E-state index in [1.54, 1.807) is 0 Å². The third kappa shape index (κ3) is 3.63. The molecule has 0 radical (unpaired) electrons. The third-order valence-corrected chi connectivity index (χ3v) is 2.20. The Kier molecular flexibility index (Phi) is 3.74. The Morgan fingerprint density at radius 2 is 1.80 bits per heavy atom. The average molecular weight is 203 g/mol. The molecule has 0 unspecified atom stereocenters. The molecule has 0 aromatic heterocycles. The first kappa shape index (κ1) is 11.6. The van der Waals surface area contributed by atoms with Gasteiger partial charge in [-0.3, -0.25) is 0 Å². The lowest BCUT2D eigenvalue weighted by Gasteiger charge is -2.19. The SMILES string of the molecule is CC(C)(C)c1ccc(OCCC#N)cc1. The van der Waals surface area contributed by atoms with Gasteiger partial charge in [0.15, 0.2) is 0 Å². The summed E-state index contributed by atoms with van der Waals surface area (Å²) in [4.78, 5) is 0. The van der Waals surface area contributed by atoms with Crippen LogP contribution in [0.15, 0.2) is 24.3 Å². The number of hydrogen-bond donors (Lipinski definition) is 0. The topological polar surface area (TPSA) is 33.0 Å². The Labute approximate surface area is 91.5 Å². The number of nitriles is 1. The van der Waals surface area contributed by atoms with E-state index in [4.69, 9.17) is 10.00 Å². The van der Waals surface area contributed by atoms with E-state index >= 15 is 0 Å². The van der Waals surface area contributed by atoms with E-state index in [2.05, 4.69) is 32.9 Å². The summed E-state index contributed by atoms with van der Waals surface area (Å²) in [5, 5.41) is 8.37. The van der Waals surface area contributed by atoms with E-state index in [9.17, 15) is 0 Å². The first-order valence-corrected chi connectivity index (χ1v) is 5.14. The van der Waals surface area contributed by atoms with Crippen LogP contribution in [0.4, 0.5) is 0 Å². The minimum Gasteiger partial charge on any atom is -0.493 e. The van der Waals surface area contributed by atoms with E-state index < -0.39 is 0 Å². The molecule has 1 rings (SSSR count). The highest BCUT2D eigenvalue weighted by molar-refractivity contribution is 5.31. The zero-order valence-corrected chi connectivity index (χ0v) is 9.58. The quantitative estimate of drug-likeness (QED) is 0.706. The summed E-state index contributed by atoms with van der Waals surface area (Å²) in [6, 6.07) is 10.1. The van der Waals surface area contributed by atoms with Gasteiger partial charge in [-0.05, 0) is 23.1 Å². The second kappa shape index (κ2) is 4.84. The maximum atomic E-state index is 8.37. The van der Waals surface area contributed by atoms with Gasteiger partial charge in [0.25, 0.3) is 0 Å². The Bertz CT molecular complexity index is 340. The number of hydrogen-bond acceptors (Lipinski definition) is 2. The van der Waals surface area contributed by atoms with Crippen LogP contribution in [0.3, 0.4) is 0 Å². The van der Waals surface area contributed by atoms with Crippen molar-refractivity contribution in [2.45, 2.75) is 32.6 Å². The molecular formula is C13H17NO. The summed E-state index contributed by atoms with van der Waals surface area (Å²) in [6.07, 6.45) is 0.432. The molecule has 0 bridgehead atoms. The summed E-state index contributed by atoms with van der Waals surface area (Å²) in [6.45, 7) is 7.00. The molecule has 2 nitrogen and oxygen atoms in total. The van der Waals surface area contributed by atoms with Gasteiger partial charge in [0, 0.05) is 0 Å². The van der Waals surface area contributed by atoms with Gasteiger partial charge in [-0.15, -0.1) is 0 Å². The molecule has 0 heterocycles. The number of nitrogens with zero attached hydrogens (tertiary/aromatic N) is 1. The fourth-order valence-corrected chi connectivity index (χ4v) is 1.27. The van der Waals surface area contributed by atoms with Crippen molar-refractivity contribution in [2.75, 3.05) is 6.61 Å². The monoisotopic (exact) mass is 203 g/mol. The molecular weight excluding hydrogens is 186 g/mol. The normalized spacial score (nSPS) is 10.8. The zero-order valence-electron chi connectivity index (χ0n) is 9.58. The Morgan fingerprint density at radius 3 is 2.27 bits per heavy atom. The molecule has 0 aliphatic carbocycles. The highest BCUT2D eigenvalue weighted by Crippen LogP contribution is 2.24. The second-order valence-electron chi connectivity index (χ2n) is 4.53. The molecule has 15 heavy (non-hydrogen) atoms. The van der Waals surface area contributed by atoms with Crippen LogP contribution in [0.2, 0.25) is 0 Å². The molecule has 1 aromatic carbocycles. The van der Waals surface area contributed by atoms with Crippen molar-refractivity contribution < 1.29 is 4.74 Å². The van der Waals surface area contributed by atoms with Crippen LogP contribution in [-0.2, 0) is 5.41 Å². The fourth-order valence-electron chi connectivity index (χ4n) is 1.27. The van der Waals surface area contributed by atoms with E-state index in [1.165, 1.54) is 5.56 Å². The van der Waals surface area contributed by atoms with E-state index in [1.807, 2.05) is 18.2 Å². The summed E-state index contributed by atoms with van der Waals surface area (Å²) < 4.78 is 5.39. The van der Waals surface area contributed by atoms with Crippen molar-refractivity contribution in [3.8, 4) is 11.8 Å². The Hall–Kier alpha value is -1.49. The predicted molar refractivity (Wildman–Crippen MR) is 60.9 cm³/mol. The summed E-state index contributed by atoms with van der Waals surface area (Å²) in [5.74, 6) is 0.832. The second-order valence-corrected chi connectivity index (χ2v) is 4.53. The molecule has 0 aliphatic rings. The van der Waals surface area contributed by atoms with Gasteiger partial charge in [0.1, 0.15) is 12.4 Å². The predicted octanol–water partition coefficient (Wildman–Crippen LogP) is 3.28. The molecule has 1 aromatic rings. The van der Waals surface area contributed by atoms with Crippen LogP contribution < -0.4 is 4.74 Å². The molecule has 0 spiro atoms. The van der Waals surface area contributed by atoms with Crippen molar-refractivity contribution in [1.82, 2.24) is 0 Å². The minimum absolute atomic E-state index is 0.172. The Balaban J connectivity index is 2.61. The molecule has 0 saturated carbocycles. The van der Waals surface area contributed by atoms with Gasteiger partial charge >= 0.3 is 0 Å². The highest BCUT2D eigenvalue weighted by Gasteiger charge is 2.12. The van der Waals surface area contributed by atoms with E-state index in [0.717, 1.165) is 5.75 Å². The van der Waals surface area contributed by atoms with Crippen molar-refractivity contribution in [3.63, 3.8) is 0 Å². The summed E-state index contributed by atoms with van der Waals surface area (Å²) in [7, 11) is 0. The molecule has 0 fully saturated rings. The lowest BCUT2D eigenvalue weighted by molar-refractivity contribution is 0.326. The number of benzene rings is 1. The lowest BCUT2D eigenvalue weighted by Crippen LogP contribution is -2.10. The van der Waals surface area contributed by atoms with Gasteiger partial charge in [-0.2, -0.15) is 5.26 Å². The van der Waals surface area contributed by atoms with Crippen LogP contribution in [0.25, 0.3) is 0 Å². The molecule has 0 aliphatic heterocycles. The molecule has 2 heteroatoms. The van der Waals surface area contributed by atoms with Gasteiger partial charge in [-0.1, -0.05) is 32.9 Å². The van der Waals surface area contributed by atoms with Gasteiger partial charge in [0.2, 0.25) is 0 Å². The largest absolute Gasteiger partial charge is 0.493 e. The van der Waals surface area contributed by atoms with Crippen molar-refractivity contribution >= 4 is 0 Å². The standard InChI is InChI=1S/C13H17NO/c1-13(2,3)11-5-7-12(8-6-11)15-10-4-9-14/h5-8H,4,10H2,1-3H3. The van der Waals surface area contributed by atoms with Crippen molar-refractivity contribution in [2.24, 2.45) is 0 Å². The fraction of sp³-hybridized carbons (Fsp3) is 0.462. The van der Waals surface area contributed by atoms with E-state index in [0.29, 0.717) is 13.0 Å². The first-order valence-electron chi connectivity index (χ1n) is 5.14. The molecule has 80 valence electrons. The van der Waals surface area contributed by atoms with Crippen molar-refractivity contribution in [1.29, 1.82) is 5.26 Å². The van der Waals surface area contributed by atoms with Crippen LogP contribution in [0.1, 0.15) is 32.8 Å². The molecule has 0 saturated heterocycles. The van der Waals surface area contributed by atoms with Gasteiger partial charge < -0.3 is 4.74 Å². The number of ether oxygens (including phenoxy) is 1. The third-order valence-electron chi connectivity index (χ3n) is 2.20. The van der Waals surface area contributed by atoms with Gasteiger partial charge in [-0.25, -0.2) is 0 Å². The smallest absolute Gasteiger partial charge is 0.119 e. The summed E-state index contributed by atoms with van der Waals surface area (Å²) in [5.41, 5.74) is 1.46.